The minimum absolute atomic E-state index is 0. The molecule has 1 aliphatic rings. The predicted octanol–water partition coefficient (Wildman–Crippen LogP) is -0.918. The molecule has 0 unspecified atom stereocenters. The van der Waals surface area contributed by atoms with E-state index in [9.17, 15) is 14.4 Å². The fraction of sp³-hybridized carbons (Fsp3) is 0.750. The number of urea groups is 1. The summed E-state index contributed by atoms with van der Waals surface area (Å²) in [7, 11) is 0. The van der Waals surface area contributed by atoms with Crippen molar-refractivity contribution in [3.05, 3.63) is 0 Å². The molecule has 0 aromatic heterocycles. The van der Waals surface area contributed by atoms with E-state index in [2.05, 4.69) is 24.5 Å². The molecule has 0 atom stereocenters. The van der Waals surface area contributed by atoms with Gasteiger partial charge in [0.25, 0.3) is 0 Å². The number of nitrogens with one attached hydrogen (secondary N) is 2. The van der Waals surface area contributed by atoms with E-state index in [0.717, 1.165) is 0 Å². The van der Waals surface area contributed by atoms with Crippen LogP contribution in [0.3, 0.4) is 0 Å². The normalized spacial score (nSPS) is 16.8. The van der Waals surface area contributed by atoms with Crippen LogP contribution in [-0.4, -0.2) is 17.8 Å². The first kappa shape index (κ1) is 19.9. The number of amides is 4. The number of carbonyl (C=O) groups excluding carboxylic acids is 3. The maximum absolute atomic E-state index is 11.4. The van der Waals surface area contributed by atoms with Crippen LogP contribution in [-0.2, 0) is 9.59 Å². The Labute approximate surface area is 132 Å². The van der Waals surface area contributed by atoms with Crippen molar-refractivity contribution in [1.29, 1.82) is 0 Å². The maximum atomic E-state index is 11.4. The Morgan fingerprint density at radius 2 is 1.22 bits per heavy atom. The van der Waals surface area contributed by atoms with Crippen LogP contribution in [0.1, 0.15) is 54.8 Å². The molecule has 0 aliphatic carbocycles. The molecule has 100 valence electrons. The van der Waals surface area contributed by atoms with Gasteiger partial charge in [0.15, 0.2) is 0 Å². The summed E-state index contributed by atoms with van der Waals surface area (Å²) in [5, 5.41) is 4.19. The molecule has 0 aromatic carbocycles. The number of barbiturate groups is 1. The second-order valence-electron chi connectivity index (χ2n) is 4.03. The van der Waals surface area contributed by atoms with Crippen LogP contribution in [0.25, 0.3) is 0 Å². The van der Waals surface area contributed by atoms with E-state index in [1.54, 1.807) is 13.8 Å². The predicted molar refractivity (Wildman–Crippen MR) is 66.4 cm³/mol. The van der Waals surface area contributed by atoms with Gasteiger partial charge in [0.1, 0.15) is 5.41 Å². The Kier molecular flexibility index (Phi) is 10.6. The fourth-order valence-electron chi connectivity index (χ4n) is 1.47. The largest absolute Gasteiger partial charge is 1.00 e. The van der Waals surface area contributed by atoms with E-state index in [4.69, 9.17) is 0 Å². The van der Waals surface area contributed by atoms with E-state index >= 15 is 0 Å². The standard InChI is InChI=1S/C8H12N2O3.C4H10.Na.H/c1-3-8(4-2)5(11)9-7(13)10-6(8)12;1-3-4-2;;/h3-4H2,1-2H3,(H2,9,10,11,12,13);3-4H2,1-2H3;;/q;;+1;-1. The first-order valence-corrected chi connectivity index (χ1v) is 6.15. The molecule has 0 radical (unpaired) electrons. The summed E-state index contributed by atoms with van der Waals surface area (Å²) in [5.74, 6) is -0.988. The van der Waals surface area contributed by atoms with Crippen molar-refractivity contribution in [3.63, 3.8) is 0 Å². The summed E-state index contributed by atoms with van der Waals surface area (Å²) in [5.41, 5.74) is -1.06. The summed E-state index contributed by atoms with van der Waals surface area (Å²) in [6.45, 7) is 7.86. The molecule has 1 aliphatic heterocycles. The summed E-state index contributed by atoms with van der Waals surface area (Å²) < 4.78 is 0. The van der Waals surface area contributed by atoms with Crippen molar-refractivity contribution in [2.24, 2.45) is 5.41 Å². The van der Waals surface area contributed by atoms with E-state index in [0.29, 0.717) is 12.8 Å². The minimum atomic E-state index is -1.06. The third-order valence-electron chi connectivity index (χ3n) is 3.03. The maximum Gasteiger partial charge on any atom is 1.00 e. The van der Waals surface area contributed by atoms with Crippen LogP contribution < -0.4 is 40.2 Å². The Morgan fingerprint density at radius 3 is 1.44 bits per heavy atom. The molecule has 6 heteroatoms. The molecule has 0 aromatic rings. The van der Waals surface area contributed by atoms with E-state index in [-0.39, 0.29) is 31.0 Å². The molecule has 0 spiro atoms. The van der Waals surface area contributed by atoms with Gasteiger partial charge in [0, 0.05) is 0 Å². The number of rotatable bonds is 3. The molecular weight excluding hydrogens is 243 g/mol. The molecular formula is C12H23N2NaO3. The van der Waals surface area contributed by atoms with Gasteiger partial charge in [-0.25, -0.2) is 4.79 Å². The molecule has 0 bridgehead atoms. The van der Waals surface area contributed by atoms with E-state index in [1.165, 1.54) is 12.8 Å². The monoisotopic (exact) mass is 266 g/mol. The third kappa shape index (κ3) is 4.71. The molecule has 1 saturated heterocycles. The van der Waals surface area contributed by atoms with Gasteiger partial charge in [-0.1, -0.05) is 40.5 Å². The summed E-state index contributed by atoms with van der Waals surface area (Å²) in [6.07, 6.45) is 3.43. The van der Waals surface area contributed by atoms with Gasteiger partial charge in [0.05, 0.1) is 0 Å². The van der Waals surface area contributed by atoms with Gasteiger partial charge >= 0.3 is 35.6 Å². The Hall–Kier alpha value is -0.390. The molecule has 18 heavy (non-hydrogen) atoms. The average Bonchev–Trinajstić information content (AvgIpc) is 2.30. The van der Waals surface area contributed by atoms with Crippen LogP contribution in [0.15, 0.2) is 0 Å². The number of unbranched alkanes of at least 4 members (excludes halogenated alkanes) is 1. The average molecular weight is 266 g/mol. The van der Waals surface area contributed by atoms with Crippen molar-refractivity contribution >= 4 is 17.8 Å². The zero-order valence-electron chi connectivity index (χ0n) is 13.1. The molecule has 1 fully saturated rings. The van der Waals surface area contributed by atoms with Crippen LogP contribution in [0.4, 0.5) is 4.79 Å². The van der Waals surface area contributed by atoms with Gasteiger partial charge in [-0.3, -0.25) is 20.2 Å². The van der Waals surface area contributed by atoms with Crippen molar-refractivity contribution in [2.75, 3.05) is 0 Å². The quantitative estimate of drug-likeness (QED) is 0.512. The van der Waals surface area contributed by atoms with E-state index in [1.807, 2.05) is 0 Å². The van der Waals surface area contributed by atoms with Gasteiger partial charge in [-0.2, -0.15) is 0 Å². The molecule has 4 amide bonds. The van der Waals surface area contributed by atoms with Crippen LogP contribution in [0.2, 0.25) is 0 Å². The fourth-order valence-corrected chi connectivity index (χ4v) is 1.47. The van der Waals surface area contributed by atoms with Gasteiger partial charge in [0.2, 0.25) is 11.8 Å². The first-order valence-electron chi connectivity index (χ1n) is 6.15. The first-order chi connectivity index (χ1) is 7.98. The number of hydrogen-bond acceptors (Lipinski definition) is 3. The number of carbonyl (C=O) groups is 3. The van der Waals surface area contributed by atoms with E-state index < -0.39 is 23.3 Å². The Bertz CT molecular complexity index is 283. The van der Waals surface area contributed by atoms with Crippen molar-refractivity contribution in [1.82, 2.24) is 10.6 Å². The van der Waals surface area contributed by atoms with Crippen molar-refractivity contribution in [2.45, 2.75) is 53.4 Å². The SMILES string of the molecule is CCC1(CC)C(=O)NC(=O)NC1=O.CCCC.[H-].[Na+]. The van der Waals surface area contributed by atoms with Crippen LogP contribution in [0.5, 0.6) is 0 Å². The third-order valence-corrected chi connectivity index (χ3v) is 3.03. The summed E-state index contributed by atoms with van der Waals surface area (Å²) in [6, 6.07) is -0.729. The Morgan fingerprint density at radius 1 is 0.889 bits per heavy atom. The zero-order valence-corrected chi connectivity index (χ0v) is 14.1. The zero-order chi connectivity index (χ0) is 13.5. The van der Waals surface area contributed by atoms with Gasteiger partial charge in [-0.15, -0.1) is 0 Å². The van der Waals surface area contributed by atoms with Gasteiger partial charge < -0.3 is 1.43 Å². The number of hydrogen-bond donors (Lipinski definition) is 2. The minimum Gasteiger partial charge on any atom is -1.00 e. The molecule has 2 N–H and O–H groups in total. The summed E-state index contributed by atoms with van der Waals surface area (Å²) >= 11 is 0. The number of imide groups is 2. The van der Waals surface area contributed by atoms with Crippen molar-refractivity contribution < 1.29 is 45.4 Å². The van der Waals surface area contributed by atoms with Gasteiger partial charge in [-0.05, 0) is 12.8 Å². The van der Waals surface area contributed by atoms with Crippen LogP contribution >= 0.6 is 0 Å². The second kappa shape index (κ2) is 9.53. The summed E-state index contributed by atoms with van der Waals surface area (Å²) in [4.78, 5) is 33.6. The molecule has 1 rings (SSSR count). The van der Waals surface area contributed by atoms with Crippen molar-refractivity contribution in [3.8, 4) is 0 Å². The second-order valence-corrected chi connectivity index (χ2v) is 4.03. The Balaban J connectivity index is -0.000000379. The van der Waals surface area contributed by atoms with Crippen LogP contribution in [0, 0.1) is 5.41 Å². The smallest absolute Gasteiger partial charge is 1.00 e. The topological polar surface area (TPSA) is 75.3 Å². The molecule has 0 saturated carbocycles. The molecule has 1 heterocycles. The molecule has 5 nitrogen and oxygen atoms in total.